The molecular formula is C40H43AuN4+2. The molecular weight excluding hydrogens is 733 g/mol. The zero-order valence-corrected chi connectivity index (χ0v) is 29.7. The largest absolute Gasteiger partial charge is 1.00 e. The van der Waals surface area contributed by atoms with Crippen LogP contribution in [0.1, 0.15) is 107 Å². The van der Waals surface area contributed by atoms with Crippen molar-refractivity contribution in [2.45, 2.75) is 79.1 Å². The van der Waals surface area contributed by atoms with Crippen LogP contribution in [-0.2, 0) is 22.4 Å². The van der Waals surface area contributed by atoms with Crippen LogP contribution in [0, 0.1) is 11.3 Å². The second-order valence-corrected chi connectivity index (χ2v) is 12.8. The van der Waals surface area contributed by atoms with Gasteiger partial charge in [0.05, 0.1) is 11.6 Å². The molecule has 0 fully saturated rings. The van der Waals surface area contributed by atoms with Gasteiger partial charge in [-0.1, -0.05) is 137 Å². The molecule has 5 aromatic rings. The molecule has 0 aliphatic carbocycles. The van der Waals surface area contributed by atoms with Crippen molar-refractivity contribution in [1.29, 1.82) is 5.26 Å². The summed E-state index contributed by atoms with van der Waals surface area (Å²) in [7, 11) is 0. The number of fused-ring (bicyclic) bond motifs is 3. The fourth-order valence-electron chi connectivity index (χ4n) is 6.00. The molecule has 1 aromatic heterocycles. The van der Waals surface area contributed by atoms with Crippen molar-refractivity contribution in [2.24, 2.45) is 0 Å². The Morgan fingerprint density at radius 2 is 1.02 bits per heavy atom. The average molecular weight is 777 g/mol. The van der Waals surface area contributed by atoms with E-state index in [1.54, 1.807) is 0 Å². The molecule has 0 radical (unpaired) electrons. The minimum Gasteiger partial charge on any atom is -0.657 e. The van der Waals surface area contributed by atoms with E-state index >= 15 is 0 Å². The number of nitrogens with zero attached hydrogens (tertiary/aromatic N) is 4. The van der Waals surface area contributed by atoms with Gasteiger partial charge in [-0.25, -0.2) is 0 Å². The van der Waals surface area contributed by atoms with Gasteiger partial charge >= 0.3 is 28.4 Å². The molecule has 0 bridgehead atoms. The van der Waals surface area contributed by atoms with E-state index in [0.29, 0.717) is 29.2 Å². The van der Waals surface area contributed by atoms with Crippen molar-refractivity contribution in [3.8, 4) is 6.07 Å². The van der Waals surface area contributed by atoms with Gasteiger partial charge < -0.3 is 4.98 Å². The van der Waals surface area contributed by atoms with Crippen LogP contribution in [0.3, 0.4) is 0 Å². The van der Waals surface area contributed by atoms with Gasteiger partial charge in [-0.05, 0) is 40.5 Å². The number of nitriles is 1. The first-order valence-corrected chi connectivity index (χ1v) is 15.7. The maximum atomic E-state index is 8.79. The Hall–Kier alpha value is -3.97. The maximum Gasteiger partial charge on any atom is 1.00 e. The molecule has 5 heteroatoms. The van der Waals surface area contributed by atoms with Crippen LogP contribution in [-0.4, -0.2) is 15.2 Å². The Bertz CT molecular complexity index is 1850. The minimum absolute atomic E-state index is 0. The van der Waals surface area contributed by atoms with E-state index in [2.05, 4.69) is 136 Å². The van der Waals surface area contributed by atoms with Crippen molar-refractivity contribution in [3.05, 3.63) is 119 Å². The van der Waals surface area contributed by atoms with Crippen molar-refractivity contribution in [2.75, 3.05) is 0 Å². The van der Waals surface area contributed by atoms with Crippen molar-refractivity contribution >= 4 is 39.2 Å². The molecule has 1 aliphatic rings. The molecule has 0 saturated carbocycles. The third kappa shape index (κ3) is 6.99. The number of hydrogen-bond donors (Lipinski definition) is 0. The number of benzene rings is 4. The van der Waals surface area contributed by atoms with Crippen LogP contribution in [0.5, 0.6) is 0 Å². The molecule has 6 rings (SSSR count). The summed E-state index contributed by atoms with van der Waals surface area (Å²) in [5, 5.41) is 11.1. The van der Waals surface area contributed by atoms with Gasteiger partial charge in [-0.2, -0.15) is 5.26 Å². The van der Waals surface area contributed by atoms with E-state index in [4.69, 9.17) is 5.26 Å². The Balaban J connectivity index is 0.000000240. The molecule has 2 heterocycles. The summed E-state index contributed by atoms with van der Waals surface area (Å²) in [6, 6.07) is 32.8. The zero-order valence-electron chi connectivity index (χ0n) is 27.6. The predicted molar refractivity (Wildman–Crippen MR) is 183 cm³/mol. The van der Waals surface area contributed by atoms with Gasteiger partial charge in [0.2, 0.25) is 11.4 Å². The monoisotopic (exact) mass is 776 g/mol. The van der Waals surface area contributed by atoms with E-state index in [0.717, 1.165) is 21.8 Å². The van der Waals surface area contributed by atoms with Gasteiger partial charge in [-0.15, -0.1) is 11.0 Å². The Morgan fingerprint density at radius 3 is 1.47 bits per heavy atom. The molecule has 45 heavy (non-hydrogen) atoms. The zero-order chi connectivity index (χ0) is 31.5. The first-order valence-electron chi connectivity index (χ1n) is 15.7. The maximum absolute atomic E-state index is 8.79. The first-order chi connectivity index (χ1) is 21.1. The van der Waals surface area contributed by atoms with Crippen LogP contribution in [0.4, 0.5) is 11.4 Å². The van der Waals surface area contributed by atoms with Crippen LogP contribution >= 0.6 is 0 Å². The number of hydrogen-bond acceptors (Lipinski definition) is 1. The molecule has 0 unspecified atom stereocenters. The minimum atomic E-state index is 0. The van der Waals surface area contributed by atoms with Crippen molar-refractivity contribution < 1.29 is 31.5 Å². The van der Waals surface area contributed by atoms with Crippen LogP contribution in [0.2, 0.25) is 0 Å². The molecule has 0 atom stereocenters. The second-order valence-electron chi connectivity index (χ2n) is 12.8. The van der Waals surface area contributed by atoms with Gasteiger partial charge in [0, 0.05) is 22.3 Å². The molecule has 1 aliphatic heterocycles. The smallest absolute Gasteiger partial charge is 0.657 e. The van der Waals surface area contributed by atoms with Crippen molar-refractivity contribution in [1.82, 2.24) is 4.98 Å². The van der Waals surface area contributed by atoms with Gasteiger partial charge in [0.1, 0.15) is 0 Å². The summed E-state index contributed by atoms with van der Waals surface area (Å²) in [4.78, 5) is 4.47. The molecule has 4 aromatic carbocycles. The van der Waals surface area contributed by atoms with Crippen LogP contribution in [0.25, 0.3) is 21.8 Å². The Labute approximate surface area is 284 Å². The molecule has 0 saturated heterocycles. The summed E-state index contributed by atoms with van der Waals surface area (Å²) in [5.41, 5.74) is 10.6. The van der Waals surface area contributed by atoms with E-state index in [9.17, 15) is 0 Å². The molecule has 0 amide bonds. The summed E-state index contributed by atoms with van der Waals surface area (Å²) < 4.78 is 4.40. The summed E-state index contributed by atoms with van der Waals surface area (Å²) in [6.45, 7) is 18.2. The molecule has 4 nitrogen and oxygen atoms in total. The van der Waals surface area contributed by atoms with Crippen LogP contribution < -0.4 is 4.98 Å². The van der Waals surface area contributed by atoms with Crippen molar-refractivity contribution in [3.63, 3.8) is 0 Å². The molecule has 232 valence electrons. The second kappa shape index (κ2) is 14.4. The predicted octanol–water partition coefficient (Wildman–Crippen LogP) is 10.6. The SMILES string of the molecule is CC(C)c1cccc(C(C)C)c1[N+]1=C=[N+](c2c(C(C)C)cccc2C(C)C)C=C1.N#Cc1ccc2c(c1)[n-]c1ccccc12.[Au+]. The number of rotatable bonds is 6. The fraction of sp³-hybridized carbons (Fsp3) is 0.300. The fourth-order valence-corrected chi connectivity index (χ4v) is 6.00. The third-order valence-corrected chi connectivity index (χ3v) is 8.31. The number of aromatic nitrogens is 1. The quantitative estimate of drug-likeness (QED) is 0.127. The van der Waals surface area contributed by atoms with Gasteiger partial charge in [0.15, 0.2) is 0 Å². The van der Waals surface area contributed by atoms with Crippen LogP contribution in [0.15, 0.2) is 91.3 Å². The molecule has 0 spiro atoms. The van der Waals surface area contributed by atoms with E-state index < -0.39 is 0 Å². The third-order valence-electron chi connectivity index (χ3n) is 8.31. The summed E-state index contributed by atoms with van der Waals surface area (Å²) in [5.74, 6) is 1.84. The van der Waals surface area contributed by atoms with E-state index in [1.807, 2.05) is 36.4 Å². The average Bonchev–Trinajstić information content (AvgIpc) is 3.65. The summed E-state index contributed by atoms with van der Waals surface area (Å²) >= 11 is 0. The Morgan fingerprint density at radius 1 is 0.578 bits per heavy atom. The standard InChI is InChI=1S/C27H36N2.C13H7N2.Au/c1-18(2)22-11-9-12-23(19(3)4)26(22)28-15-16-29(17-28)27-24(20(5)6)13-10-14-25(27)21(7)8;14-8-9-5-6-11-10-3-1-2-4-12(10)15-13(11)7-9;/h9-16,18-21H,1-8H3;1-7H;/q+2;-1;+1. The normalized spacial score (nSPS) is 12.4. The first kappa shape index (κ1) is 33.9. The van der Waals surface area contributed by atoms with Gasteiger partial charge in [-0.3, -0.25) is 0 Å². The molecule has 0 N–H and O–H groups in total. The van der Waals surface area contributed by atoms with Gasteiger partial charge in [0.25, 0.3) is 12.4 Å². The Kier molecular flexibility index (Phi) is 10.9. The van der Waals surface area contributed by atoms with E-state index in [1.165, 1.54) is 33.6 Å². The summed E-state index contributed by atoms with van der Waals surface area (Å²) in [6.07, 6.45) is 4.32. The van der Waals surface area contributed by atoms with E-state index in [-0.39, 0.29) is 22.4 Å². The topological polar surface area (TPSA) is 43.9 Å². The number of para-hydroxylation sites is 3.